The van der Waals surface area contributed by atoms with Crippen LogP contribution in [0.5, 0.6) is 0 Å². The van der Waals surface area contributed by atoms with Crippen LogP contribution in [0.4, 0.5) is 0 Å². The molecule has 0 aromatic carbocycles. The van der Waals surface area contributed by atoms with E-state index in [-0.39, 0.29) is 11.5 Å². The Kier molecular flexibility index (Phi) is 5.35. The van der Waals surface area contributed by atoms with Crippen molar-refractivity contribution in [2.24, 2.45) is 5.92 Å². The average molecular weight is 254 g/mol. The van der Waals surface area contributed by atoms with Gasteiger partial charge in [0.1, 0.15) is 0 Å². The van der Waals surface area contributed by atoms with Crippen molar-refractivity contribution in [3.8, 4) is 0 Å². The zero-order valence-electron chi connectivity index (χ0n) is 10.6. The Morgan fingerprint density at radius 2 is 2.17 bits per heavy atom. The summed E-state index contributed by atoms with van der Waals surface area (Å²) in [7, 11) is 0. The number of carbonyl (C=O) groups is 2. The molecule has 6 heteroatoms. The molecule has 1 heterocycles. The molecular formula is C12H18N2O4. The van der Waals surface area contributed by atoms with Crippen LogP contribution in [0.2, 0.25) is 0 Å². The summed E-state index contributed by atoms with van der Waals surface area (Å²) in [6.07, 6.45) is 3.08. The molecule has 2 N–H and O–H groups in total. The Bertz CT molecular complexity index is 412. The van der Waals surface area contributed by atoms with Crippen molar-refractivity contribution in [1.82, 2.24) is 10.5 Å². The molecule has 0 aliphatic carbocycles. The summed E-state index contributed by atoms with van der Waals surface area (Å²) < 4.78 is 4.50. The minimum atomic E-state index is -1.24. The van der Waals surface area contributed by atoms with Gasteiger partial charge in [0.15, 0.2) is 5.69 Å². The van der Waals surface area contributed by atoms with Crippen LogP contribution in [0.15, 0.2) is 10.6 Å². The molecule has 0 aliphatic heterocycles. The summed E-state index contributed by atoms with van der Waals surface area (Å²) in [4.78, 5) is 22.1. The summed E-state index contributed by atoms with van der Waals surface area (Å²) >= 11 is 0. The van der Waals surface area contributed by atoms with Crippen molar-refractivity contribution < 1.29 is 19.2 Å². The summed E-state index contributed by atoms with van der Waals surface area (Å²) in [5.41, 5.74) is -0.00346. The average Bonchev–Trinajstić information content (AvgIpc) is 2.77. The first-order valence-corrected chi connectivity index (χ1v) is 5.99. The zero-order valence-corrected chi connectivity index (χ0v) is 10.6. The molecule has 0 saturated heterocycles. The highest BCUT2D eigenvalue weighted by atomic mass is 16.5. The van der Waals surface area contributed by atoms with Crippen molar-refractivity contribution >= 4 is 11.9 Å². The molecule has 1 amide bonds. The number of nitrogens with zero attached hydrogens (tertiary/aromatic N) is 1. The number of nitrogens with one attached hydrogen (secondary N) is 1. The number of rotatable bonds is 7. The van der Waals surface area contributed by atoms with Gasteiger partial charge >= 0.3 is 5.97 Å². The second-order valence-electron chi connectivity index (χ2n) is 4.53. The molecule has 0 bridgehead atoms. The number of carboxylic acid groups (broad SMARTS) is 1. The molecule has 0 saturated carbocycles. The van der Waals surface area contributed by atoms with E-state index in [4.69, 9.17) is 5.11 Å². The number of aromatic nitrogens is 1. The molecule has 1 rings (SSSR count). The van der Waals surface area contributed by atoms with E-state index in [9.17, 15) is 9.59 Å². The van der Waals surface area contributed by atoms with E-state index in [1.165, 1.54) is 0 Å². The first-order valence-electron chi connectivity index (χ1n) is 5.99. The number of carbonyl (C=O) groups excluding carboxylic acids is 1. The second kappa shape index (κ2) is 6.78. The number of hydrogen-bond acceptors (Lipinski definition) is 4. The molecule has 1 aromatic heterocycles. The van der Waals surface area contributed by atoms with Gasteiger partial charge in [0, 0.05) is 12.6 Å². The monoisotopic (exact) mass is 254 g/mol. The maximum Gasteiger partial charge on any atom is 0.374 e. The van der Waals surface area contributed by atoms with Gasteiger partial charge in [0.05, 0.1) is 0 Å². The van der Waals surface area contributed by atoms with E-state index in [0.29, 0.717) is 12.5 Å². The van der Waals surface area contributed by atoms with E-state index in [1.807, 2.05) is 0 Å². The predicted octanol–water partition coefficient (Wildman–Crippen LogP) is 1.93. The topological polar surface area (TPSA) is 92.4 Å². The maximum atomic E-state index is 11.6. The van der Waals surface area contributed by atoms with Crippen molar-refractivity contribution in [2.45, 2.75) is 33.1 Å². The van der Waals surface area contributed by atoms with Crippen molar-refractivity contribution in [3.05, 3.63) is 17.5 Å². The normalized spacial score (nSPS) is 10.6. The highest BCUT2D eigenvalue weighted by Crippen LogP contribution is 2.06. The van der Waals surface area contributed by atoms with Gasteiger partial charge in [-0.05, 0) is 12.3 Å². The maximum absolute atomic E-state index is 11.6. The summed E-state index contributed by atoms with van der Waals surface area (Å²) in [6, 6.07) is 1.12. The lowest BCUT2D eigenvalue weighted by Gasteiger charge is -2.04. The number of amides is 1. The van der Waals surface area contributed by atoms with Gasteiger partial charge in [-0.15, -0.1) is 0 Å². The van der Waals surface area contributed by atoms with Crippen LogP contribution in [0, 0.1) is 5.92 Å². The van der Waals surface area contributed by atoms with Gasteiger partial charge in [-0.1, -0.05) is 31.8 Å². The summed E-state index contributed by atoms with van der Waals surface area (Å²) in [6.45, 7) is 4.86. The van der Waals surface area contributed by atoms with Crippen molar-refractivity contribution in [2.75, 3.05) is 6.54 Å². The second-order valence-corrected chi connectivity index (χ2v) is 4.53. The minimum Gasteiger partial charge on any atom is -0.475 e. The Morgan fingerprint density at radius 1 is 1.44 bits per heavy atom. The number of unbranched alkanes of at least 4 members (excludes halogenated alkanes) is 1. The van der Waals surface area contributed by atoms with Crippen LogP contribution < -0.4 is 5.32 Å². The van der Waals surface area contributed by atoms with Crippen molar-refractivity contribution in [1.29, 1.82) is 0 Å². The van der Waals surface area contributed by atoms with E-state index in [2.05, 4.69) is 28.8 Å². The molecule has 100 valence electrons. The largest absolute Gasteiger partial charge is 0.475 e. The smallest absolute Gasteiger partial charge is 0.374 e. The molecule has 0 spiro atoms. The molecule has 18 heavy (non-hydrogen) atoms. The van der Waals surface area contributed by atoms with Gasteiger partial charge in [0.25, 0.3) is 5.91 Å². The van der Waals surface area contributed by atoms with E-state index in [0.717, 1.165) is 25.3 Å². The van der Waals surface area contributed by atoms with Crippen LogP contribution in [0.1, 0.15) is 54.2 Å². The number of carboxylic acids is 1. The summed E-state index contributed by atoms with van der Waals surface area (Å²) in [5.74, 6) is -1.32. The lowest BCUT2D eigenvalue weighted by Crippen LogP contribution is -2.24. The lowest BCUT2D eigenvalue weighted by atomic mass is 10.1. The van der Waals surface area contributed by atoms with Crippen LogP contribution >= 0.6 is 0 Å². The first-order chi connectivity index (χ1) is 8.50. The predicted molar refractivity (Wildman–Crippen MR) is 64.5 cm³/mol. The molecule has 6 nitrogen and oxygen atoms in total. The van der Waals surface area contributed by atoms with Crippen LogP contribution in [-0.4, -0.2) is 28.7 Å². The third kappa shape index (κ3) is 4.57. The molecule has 0 fully saturated rings. The molecule has 0 atom stereocenters. The fourth-order valence-electron chi connectivity index (χ4n) is 1.45. The zero-order chi connectivity index (χ0) is 13.5. The highest BCUT2D eigenvalue weighted by molar-refractivity contribution is 5.94. The van der Waals surface area contributed by atoms with Gasteiger partial charge in [-0.25, -0.2) is 4.79 Å². The van der Waals surface area contributed by atoms with E-state index < -0.39 is 11.9 Å². The molecular weight excluding hydrogens is 236 g/mol. The Morgan fingerprint density at radius 3 is 2.72 bits per heavy atom. The Hall–Kier alpha value is -1.85. The summed E-state index contributed by atoms with van der Waals surface area (Å²) in [5, 5.41) is 14.7. The Labute approximate surface area is 105 Å². The number of aromatic carboxylic acids is 1. The highest BCUT2D eigenvalue weighted by Gasteiger charge is 2.15. The fourth-order valence-corrected chi connectivity index (χ4v) is 1.45. The lowest BCUT2D eigenvalue weighted by molar-refractivity contribution is 0.0651. The van der Waals surface area contributed by atoms with Gasteiger partial charge < -0.3 is 14.9 Å². The Balaban J connectivity index is 2.30. The van der Waals surface area contributed by atoms with Gasteiger partial charge in [-0.3, -0.25) is 4.79 Å². The standard InChI is InChI=1S/C12H18N2O4/c1-8(2)5-3-4-6-13-11(15)9-7-10(12(16)17)18-14-9/h7-8H,3-6H2,1-2H3,(H,13,15)(H,16,17). The molecule has 0 aliphatic rings. The number of hydrogen-bond donors (Lipinski definition) is 2. The SMILES string of the molecule is CC(C)CCCCNC(=O)c1cc(C(=O)O)on1. The fraction of sp³-hybridized carbons (Fsp3) is 0.583. The van der Waals surface area contributed by atoms with E-state index >= 15 is 0 Å². The minimum absolute atomic E-state index is 0.00346. The quantitative estimate of drug-likeness (QED) is 0.725. The third-order valence-electron chi connectivity index (χ3n) is 2.45. The van der Waals surface area contributed by atoms with Crippen molar-refractivity contribution in [3.63, 3.8) is 0 Å². The third-order valence-corrected chi connectivity index (χ3v) is 2.45. The van der Waals surface area contributed by atoms with Crippen LogP contribution in [0.3, 0.4) is 0 Å². The van der Waals surface area contributed by atoms with Crippen LogP contribution in [0.25, 0.3) is 0 Å². The van der Waals surface area contributed by atoms with Gasteiger partial charge in [0.2, 0.25) is 5.76 Å². The van der Waals surface area contributed by atoms with Gasteiger partial charge in [-0.2, -0.15) is 0 Å². The van der Waals surface area contributed by atoms with E-state index in [1.54, 1.807) is 0 Å². The molecule has 1 aromatic rings. The molecule has 0 unspecified atom stereocenters. The molecule has 0 radical (unpaired) electrons. The first kappa shape index (κ1) is 14.2. The van der Waals surface area contributed by atoms with Crippen LogP contribution in [-0.2, 0) is 0 Å².